The monoisotopic (exact) mass is 739 g/mol. The molecule has 3 N–H and O–H groups in total. The van der Waals surface area contributed by atoms with E-state index >= 15 is 0 Å². The summed E-state index contributed by atoms with van der Waals surface area (Å²) in [6.07, 6.45) is 15.4. The maximum absolute atomic E-state index is 14.7. The number of halogens is 3. The Hall–Kier alpha value is -2.35. The number of rotatable bonds is 9. The van der Waals surface area contributed by atoms with E-state index in [1.54, 1.807) is 6.20 Å². The molecule has 8 nitrogen and oxygen atoms in total. The zero-order valence-electron chi connectivity index (χ0n) is 30.8. The van der Waals surface area contributed by atoms with Crippen LogP contribution in [-0.2, 0) is 12.7 Å². The number of hydrogen-bond acceptors (Lipinski definition) is 7. The van der Waals surface area contributed by atoms with Crippen molar-refractivity contribution in [3.05, 3.63) is 69.9 Å². The molecule has 3 aromatic rings. The summed E-state index contributed by atoms with van der Waals surface area (Å²) >= 11 is 1.96. The molecule has 5 fully saturated rings. The number of thioether (sulfide) groups is 1. The highest BCUT2D eigenvalue weighted by Gasteiger charge is 2.49. The Balaban J connectivity index is 1.10. The molecule has 2 aromatic heterocycles. The molecule has 2 saturated heterocycles. The average Bonchev–Trinajstić information content (AvgIpc) is 3.89. The van der Waals surface area contributed by atoms with E-state index in [1.165, 1.54) is 85.4 Å². The molecule has 52 heavy (non-hydrogen) atoms. The second kappa shape index (κ2) is 14.7. The highest BCUT2D eigenvalue weighted by molar-refractivity contribution is 8.00. The summed E-state index contributed by atoms with van der Waals surface area (Å²) in [6.45, 7) is 2.05. The van der Waals surface area contributed by atoms with Gasteiger partial charge in [0.25, 0.3) is 0 Å². The van der Waals surface area contributed by atoms with Crippen LogP contribution in [0.4, 0.5) is 13.2 Å². The minimum absolute atomic E-state index is 0.0687. The van der Waals surface area contributed by atoms with Crippen LogP contribution in [0.5, 0.6) is 0 Å². The highest BCUT2D eigenvalue weighted by atomic mass is 32.2. The molecular weight excluding hydrogens is 684 g/mol. The van der Waals surface area contributed by atoms with Crippen molar-refractivity contribution in [3.8, 4) is 5.69 Å². The lowest BCUT2D eigenvalue weighted by Gasteiger charge is -2.43. The van der Waals surface area contributed by atoms with Crippen molar-refractivity contribution in [3.63, 3.8) is 0 Å². The van der Waals surface area contributed by atoms with Crippen LogP contribution in [-0.4, -0.2) is 68.4 Å². The van der Waals surface area contributed by atoms with Crippen LogP contribution in [0.25, 0.3) is 11.2 Å². The van der Waals surface area contributed by atoms with Crippen molar-refractivity contribution in [2.24, 2.45) is 11.8 Å². The molecule has 3 aliphatic carbocycles. The van der Waals surface area contributed by atoms with E-state index in [2.05, 4.69) is 39.1 Å². The van der Waals surface area contributed by atoms with E-state index in [1.807, 2.05) is 37.0 Å². The van der Waals surface area contributed by atoms with Crippen LogP contribution >= 0.6 is 11.8 Å². The van der Waals surface area contributed by atoms with Crippen LogP contribution < -0.4 is 21.9 Å². The maximum Gasteiger partial charge on any atom is 0.418 e. The fraction of sp³-hybridized carbons (Fsp3) is 0.675. The lowest BCUT2D eigenvalue weighted by Crippen LogP contribution is -2.52. The van der Waals surface area contributed by atoms with Gasteiger partial charge in [0.1, 0.15) is 0 Å². The predicted molar refractivity (Wildman–Crippen MR) is 202 cm³/mol. The number of nitrogens with zero attached hydrogens (tertiary/aromatic N) is 4. The number of aromatic nitrogens is 2. The van der Waals surface area contributed by atoms with Gasteiger partial charge in [-0.05, 0) is 93.8 Å². The van der Waals surface area contributed by atoms with Gasteiger partial charge in [-0.2, -0.15) is 13.2 Å². The van der Waals surface area contributed by atoms with Gasteiger partial charge in [0, 0.05) is 48.6 Å². The zero-order valence-corrected chi connectivity index (χ0v) is 31.6. The summed E-state index contributed by atoms with van der Waals surface area (Å²) in [6, 6.07) is 9.24. The van der Waals surface area contributed by atoms with E-state index in [4.69, 9.17) is 0 Å². The van der Waals surface area contributed by atoms with Gasteiger partial charge in [0.2, 0.25) is 0 Å². The molecular formula is C40H56F3N7OS. The molecule has 12 heteroatoms. The molecule has 8 rings (SSSR count). The predicted octanol–water partition coefficient (Wildman–Crippen LogP) is 7.45. The molecule has 1 aromatic carbocycles. The number of hydrazine groups is 1. The molecule has 3 saturated carbocycles. The second-order valence-corrected chi connectivity index (χ2v) is 18.1. The lowest BCUT2D eigenvalue weighted by molar-refractivity contribution is -0.136. The summed E-state index contributed by atoms with van der Waals surface area (Å²) < 4.78 is 46.8. The Morgan fingerprint density at radius 2 is 1.73 bits per heavy atom. The third kappa shape index (κ3) is 6.89. The van der Waals surface area contributed by atoms with Crippen LogP contribution in [0.1, 0.15) is 112 Å². The van der Waals surface area contributed by atoms with E-state index in [9.17, 15) is 18.0 Å². The molecule has 2 aliphatic heterocycles. The summed E-state index contributed by atoms with van der Waals surface area (Å²) in [5.74, 6) is 2.19. The zero-order chi connectivity index (χ0) is 36.1. The summed E-state index contributed by atoms with van der Waals surface area (Å²) in [7, 11) is 4.24. The number of hydrogen-bond donors (Lipinski definition) is 3. The number of pyridine rings is 1. The summed E-state index contributed by atoms with van der Waals surface area (Å²) in [4.78, 5) is 18.8. The Morgan fingerprint density at radius 1 is 0.981 bits per heavy atom. The minimum atomic E-state index is -4.61. The van der Waals surface area contributed by atoms with E-state index in [-0.39, 0.29) is 28.0 Å². The minimum Gasteiger partial charge on any atom is -0.306 e. The van der Waals surface area contributed by atoms with Gasteiger partial charge in [-0.15, -0.1) is 11.8 Å². The first-order valence-corrected chi connectivity index (χ1v) is 20.8. The van der Waals surface area contributed by atoms with Crippen molar-refractivity contribution in [2.45, 2.75) is 125 Å². The van der Waals surface area contributed by atoms with E-state index in [0.29, 0.717) is 29.6 Å². The Bertz CT molecular complexity index is 1770. The number of fused-ring (bicyclic) bond motifs is 1. The Labute approximate surface area is 310 Å². The molecule has 3 atom stereocenters. The van der Waals surface area contributed by atoms with E-state index in [0.717, 1.165) is 50.2 Å². The molecule has 4 heterocycles. The third-order valence-corrected chi connectivity index (χ3v) is 14.9. The first-order valence-electron chi connectivity index (χ1n) is 19.8. The Morgan fingerprint density at radius 3 is 2.40 bits per heavy atom. The van der Waals surface area contributed by atoms with E-state index < -0.39 is 17.4 Å². The smallest absolute Gasteiger partial charge is 0.306 e. The van der Waals surface area contributed by atoms with Gasteiger partial charge < -0.3 is 10.2 Å². The van der Waals surface area contributed by atoms with Crippen molar-refractivity contribution >= 4 is 17.3 Å². The molecule has 0 radical (unpaired) electrons. The first kappa shape index (κ1) is 36.6. The summed E-state index contributed by atoms with van der Waals surface area (Å²) in [5, 5.41) is 3.53. The molecule has 0 bridgehead atoms. The Kier molecular flexibility index (Phi) is 10.4. The van der Waals surface area contributed by atoms with Crippen LogP contribution in [0.15, 0.2) is 47.5 Å². The SMILES string of the molecule is CN(Cc1cc(C(F)(F)F)c2cn(-c3cccc([C@@H](C4CCC4)C4NNC5(CCCCCCC5)N4C)c3)c(=O)n2c1)CC1(C2CCCC2)CNCS1. The highest BCUT2D eigenvalue weighted by Crippen LogP contribution is 2.47. The number of nitrogens with one attached hydrogen (secondary N) is 3. The van der Waals surface area contributed by atoms with Crippen molar-refractivity contribution in [1.82, 2.24) is 34.9 Å². The molecule has 2 unspecified atom stereocenters. The molecule has 284 valence electrons. The van der Waals surface area contributed by atoms with Crippen LogP contribution in [0.3, 0.4) is 0 Å². The molecule has 5 aliphatic rings. The number of benzene rings is 1. The van der Waals surface area contributed by atoms with Gasteiger partial charge in [-0.1, -0.05) is 63.5 Å². The second-order valence-electron chi connectivity index (χ2n) is 16.7. The van der Waals surface area contributed by atoms with Crippen molar-refractivity contribution < 1.29 is 13.2 Å². The number of likely N-dealkylation sites (N-methyl/N-ethyl adjacent to an activating group) is 1. The van der Waals surface area contributed by atoms with Gasteiger partial charge in [-0.25, -0.2) is 15.6 Å². The first-order chi connectivity index (χ1) is 25.1. The largest absolute Gasteiger partial charge is 0.418 e. The van der Waals surface area contributed by atoms with Crippen molar-refractivity contribution in [1.29, 1.82) is 0 Å². The van der Waals surface area contributed by atoms with Crippen molar-refractivity contribution in [2.75, 3.05) is 33.1 Å². The van der Waals surface area contributed by atoms with Gasteiger partial charge in [-0.3, -0.25) is 13.9 Å². The van der Waals surface area contributed by atoms with Gasteiger partial charge in [0.15, 0.2) is 0 Å². The lowest BCUT2D eigenvalue weighted by atomic mass is 9.71. The molecule has 1 spiro atoms. The standard InChI is InChI=1S/C40H56F3N7OS/c1-47(26-38(25-44-27-52-38)31-15-6-7-16-31)22-28-20-33(40(41,42)43)34-24-49(37(51)50(34)23-28)32-17-11-14-30(21-32)35(29-12-10-13-29)36-45-46-39(48(36)2)18-8-4-3-5-9-19-39/h11,14,17,20-21,23-24,29,31,35-36,44-46H,3-10,12-13,15-16,18-19,22,25-27H2,1-2H3/t35-,36?,38?/m1/s1. The van der Waals surface area contributed by atoms with Gasteiger partial charge >= 0.3 is 11.9 Å². The summed E-state index contributed by atoms with van der Waals surface area (Å²) in [5.41, 5.74) is 8.22. The maximum atomic E-state index is 14.7. The topological polar surface area (TPSA) is 69.0 Å². The quantitative estimate of drug-likeness (QED) is 0.211. The fourth-order valence-corrected chi connectivity index (χ4v) is 11.9. The number of alkyl halides is 3. The average molecular weight is 740 g/mol. The fourth-order valence-electron chi connectivity index (χ4n) is 10.4. The molecule has 0 amide bonds. The third-order valence-electron chi connectivity index (χ3n) is 13.4. The van der Waals surface area contributed by atoms with Crippen LogP contribution in [0.2, 0.25) is 0 Å². The van der Waals surface area contributed by atoms with Gasteiger partial charge in [0.05, 0.1) is 28.6 Å². The van der Waals surface area contributed by atoms with Crippen LogP contribution in [0, 0.1) is 11.8 Å². The number of imidazole rings is 1. The normalized spacial score (nSPS) is 27.1.